The summed E-state index contributed by atoms with van der Waals surface area (Å²) in [7, 11) is 3.31. The van der Waals surface area contributed by atoms with Gasteiger partial charge in [-0.3, -0.25) is 18.7 Å². The quantitative estimate of drug-likeness (QED) is 0.717. The van der Waals surface area contributed by atoms with Crippen molar-refractivity contribution in [1.82, 2.24) is 24.0 Å². The maximum absolute atomic E-state index is 12.7. The van der Waals surface area contributed by atoms with Gasteiger partial charge in [0.2, 0.25) is 0 Å². The van der Waals surface area contributed by atoms with Crippen molar-refractivity contribution in [3.8, 4) is 0 Å². The van der Waals surface area contributed by atoms with Gasteiger partial charge in [0.1, 0.15) is 0 Å². The molecule has 0 saturated carbocycles. The Morgan fingerprint density at radius 2 is 1.88 bits per heavy atom. The molecule has 0 spiro atoms. The first kappa shape index (κ1) is 16.1. The fourth-order valence-corrected chi connectivity index (χ4v) is 3.27. The van der Waals surface area contributed by atoms with Gasteiger partial charge in [-0.15, -0.1) is 0 Å². The fraction of sp³-hybridized carbons (Fsp3) is 0.222. The van der Waals surface area contributed by atoms with Gasteiger partial charge < -0.3 is 9.88 Å². The molecule has 1 aliphatic rings. The van der Waals surface area contributed by atoms with E-state index in [2.05, 4.69) is 10.3 Å². The lowest BCUT2D eigenvalue weighted by Gasteiger charge is -2.19. The number of imidazole rings is 1. The fourth-order valence-electron chi connectivity index (χ4n) is 3.27. The van der Waals surface area contributed by atoms with Gasteiger partial charge in [0.25, 0.3) is 11.5 Å². The molecule has 26 heavy (non-hydrogen) atoms. The second kappa shape index (κ2) is 5.83. The van der Waals surface area contributed by atoms with Gasteiger partial charge in [0, 0.05) is 32.7 Å². The predicted molar refractivity (Wildman–Crippen MR) is 97.0 cm³/mol. The predicted octanol–water partition coefficient (Wildman–Crippen LogP) is 0.261. The van der Waals surface area contributed by atoms with Gasteiger partial charge >= 0.3 is 5.69 Å². The summed E-state index contributed by atoms with van der Waals surface area (Å²) in [5.41, 5.74) is 2.22. The summed E-state index contributed by atoms with van der Waals surface area (Å²) in [6.45, 7) is 0.477. The SMILES string of the molecule is Cn1cnc2c1c(=O)n(C/C=C1/CNC(=O)c3ccccc31)c(=O)n2C. The van der Waals surface area contributed by atoms with Gasteiger partial charge in [0.15, 0.2) is 11.2 Å². The number of nitrogens with one attached hydrogen (secondary N) is 1. The topological polar surface area (TPSA) is 90.9 Å². The number of amides is 1. The van der Waals surface area contributed by atoms with Crippen LogP contribution < -0.4 is 16.6 Å². The van der Waals surface area contributed by atoms with Crippen LogP contribution in [-0.2, 0) is 20.6 Å². The number of carbonyl (C=O) groups excluding carboxylic acids is 1. The molecule has 1 N–H and O–H groups in total. The molecule has 8 nitrogen and oxygen atoms in total. The van der Waals surface area contributed by atoms with Crippen LogP contribution in [0.4, 0.5) is 0 Å². The van der Waals surface area contributed by atoms with Crippen LogP contribution in [-0.4, -0.2) is 31.1 Å². The van der Waals surface area contributed by atoms with E-state index in [1.807, 2.05) is 18.2 Å². The van der Waals surface area contributed by atoms with E-state index in [0.717, 1.165) is 11.1 Å². The third kappa shape index (κ3) is 2.30. The lowest BCUT2D eigenvalue weighted by Crippen LogP contribution is -2.39. The van der Waals surface area contributed by atoms with E-state index in [1.54, 1.807) is 30.8 Å². The highest BCUT2D eigenvalue weighted by Gasteiger charge is 2.20. The molecule has 0 fully saturated rings. The monoisotopic (exact) mass is 351 g/mol. The Balaban J connectivity index is 1.82. The van der Waals surface area contributed by atoms with E-state index in [0.29, 0.717) is 23.3 Å². The van der Waals surface area contributed by atoms with E-state index < -0.39 is 5.69 Å². The Morgan fingerprint density at radius 3 is 2.65 bits per heavy atom. The number of benzene rings is 1. The third-order valence-corrected chi connectivity index (χ3v) is 4.68. The summed E-state index contributed by atoms with van der Waals surface area (Å²) in [5.74, 6) is -0.123. The van der Waals surface area contributed by atoms with Gasteiger partial charge in [-0.05, 0) is 17.2 Å². The van der Waals surface area contributed by atoms with Gasteiger partial charge in [-0.2, -0.15) is 0 Å². The van der Waals surface area contributed by atoms with Crippen LogP contribution in [0.15, 0.2) is 46.3 Å². The van der Waals surface area contributed by atoms with Gasteiger partial charge in [-0.1, -0.05) is 24.3 Å². The highest BCUT2D eigenvalue weighted by atomic mass is 16.2. The molecule has 0 atom stereocenters. The Morgan fingerprint density at radius 1 is 1.15 bits per heavy atom. The van der Waals surface area contributed by atoms with E-state index in [-0.39, 0.29) is 18.0 Å². The van der Waals surface area contributed by atoms with Gasteiger partial charge in [-0.25, -0.2) is 9.78 Å². The first-order valence-corrected chi connectivity index (χ1v) is 8.16. The maximum atomic E-state index is 12.7. The molecule has 2 aromatic heterocycles. The molecule has 1 aliphatic heterocycles. The lowest BCUT2D eigenvalue weighted by atomic mass is 9.95. The lowest BCUT2D eigenvalue weighted by molar-refractivity contribution is 0.0955. The number of carbonyl (C=O) groups is 1. The van der Waals surface area contributed by atoms with Crippen molar-refractivity contribution in [3.63, 3.8) is 0 Å². The summed E-state index contributed by atoms with van der Waals surface area (Å²) in [5, 5.41) is 2.81. The molecule has 0 aliphatic carbocycles. The van der Waals surface area contributed by atoms with Crippen molar-refractivity contribution in [2.75, 3.05) is 6.54 Å². The maximum Gasteiger partial charge on any atom is 0.332 e. The molecular weight excluding hydrogens is 334 g/mol. The number of hydrogen-bond acceptors (Lipinski definition) is 4. The van der Waals surface area contributed by atoms with Crippen LogP contribution in [0, 0.1) is 0 Å². The Bertz CT molecular complexity index is 1200. The number of aromatic nitrogens is 4. The number of nitrogens with zero attached hydrogens (tertiary/aromatic N) is 4. The first-order chi connectivity index (χ1) is 12.5. The molecular formula is C18H17N5O3. The van der Waals surface area contributed by atoms with Crippen LogP contribution in [0.3, 0.4) is 0 Å². The normalized spacial score (nSPS) is 15.3. The van der Waals surface area contributed by atoms with Crippen molar-refractivity contribution >= 4 is 22.6 Å². The minimum absolute atomic E-state index is 0.117. The molecule has 8 heteroatoms. The largest absolute Gasteiger partial charge is 0.348 e. The smallest absolute Gasteiger partial charge is 0.332 e. The minimum atomic E-state index is -0.425. The Labute approximate surface area is 148 Å². The van der Waals surface area contributed by atoms with E-state index >= 15 is 0 Å². The molecule has 0 radical (unpaired) electrons. The van der Waals surface area contributed by atoms with Crippen LogP contribution in [0.5, 0.6) is 0 Å². The molecule has 132 valence electrons. The average Bonchev–Trinajstić information content (AvgIpc) is 3.03. The van der Waals surface area contributed by atoms with E-state index in [4.69, 9.17) is 0 Å². The molecule has 0 saturated heterocycles. The highest BCUT2D eigenvalue weighted by molar-refractivity contribution is 6.02. The van der Waals surface area contributed by atoms with Crippen LogP contribution >= 0.6 is 0 Å². The molecule has 1 aromatic carbocycles. The van der Waals surface area contributed by atoms with Crippen molar-refractivity contribution in [2.45, 2.75) is 6.54 Å². The molecule has 0 bridgehead atoms. The number of hydrogen-bond donors (Lipinski definition) is 1. The van der Waals surface area contributed by atoms with Crippen molar-refractivity contribution in [1.29, 1.82) is 0 Å². The summed E-state index contributed by atoms with van der Waals surface area (Å²) in [4.78, 5) is 41.4. The minimum Gasteiger partial charge on any atom is -0.348 e. The highest BCUT2D eigenvalue weighted by Crippen LogP contribution is 2.22. The van der Waals surface area contributed by atoms with Crippen LogP contribution in [0.1, 0.15) is 15.9 Å². The van der Waals surface area contributed by atoms with Crippen molar-refractivity contribution in [3.05, 3.63) is 68.6 Å². The zero-order chi connectivity index (χ0) is 18.4. The number of aryl methyl sites for hydroxylation is 2. The zero-order valence-corrected chi connectivity index (χ0v) is 14.4. The molecule has 3 heterocycles. The number of allylic oxidation sites excluding steroid dienone is 1. The van der Waals surface area contributed by atoms with Crippen LogP contribution in [0.2, 0.25) is 0 Å². The second-order valence-corrected chi connectivity index (χ2v) is 6.24. The molecule has 4 rings (SSSR count). The molecule has 0 unspecified atom stereocenters. The summed E-state index contributed by atoms with van der Waals surface area (Å²) in [6.07, 6.45) is 3.32. The average molecular weight is 351 g/mol. The van der Waals surface area contributed by atoms with Crippen molar-refractivity contribution in [2.24, 2.45) is 14.1 Å². The second-order valence-electron chi connectivity index (χ2n) is 6.24. The van der Waals surface area contributed by atoms with Crippen molar-refractivity contribution < 1.29 is 4.79 Å². The first-order valence-electron chi connectivity index (χ1n) is 8.16. The summed E-state index contributed by atoms with van der Waals surface area (Å²) < 4.78 is 4.15. The summed E-state index contributed by atoms with van der Waals surface area (Å²) in [6, 6.07) is 7.28. The standard InChI is InChI=1S/C18H17N5O3/c1-21-10-20-15-14(21)17(25)23(18(26)22(15)2)8-7-11-9-19-16(24)13-6-4-3-5-12(11)13/h3-7,10H,8-9H2,1-2H3,(H,19,24)/b11-7-. The molecule has 3 aromatic rings. The van der Waals surface area contributed by atoms with E-state index in [1.165, 1.54) is 15.5 Å². The van der Waals surface area contributed by atoms with Gasteiger partial charge in [0.05, 0.1) is 6.33 Å². The Hall–Kier alpha value is -3.42. The number of rotatable bonds is 2. The number of fused-ring (bicyclic) bond motifs is 2. The Kier molecular flexibility index (Phi) is 3.61. The third-order valence-electron chi connectivity index (χ3n) is 4.68. The van der Waals surface area contributed by atoms with E-state index in [9.17, 15) is 14.4 Å². The zero-order valence-electron chi connectivity index (χ0n) is 14.4. The summed E-state index contributed by atoms with van der Waals surface area (Å²) >= 11 is 0. The van der Waals surface area contributed by atoms with Crippen LogP contribution in [0.25, 0.3) is 16.7 Å². The molecule has 1 amide bonds.